The standard InChI is InChI=1S/C11H7BrClN/c12-11-9(2-1-3-10(11)13)8-4-6-14-7-5-8/h1-7H. The van der Waals surface area contributed by atoms with E-state index < -0.39 is 0 Å². The van der Waals surface area contributed by atoms with Crippen molar-refractivity contribution in [3.05, 3.63) is 52.2 Å². The minimum atomic E-state index is 0.722. The average Bonchev–Trinajstić information content (AvgIpc) is 2.23. The first-order valence-electron chi connectivity index (χ1n) is 4.13. The predicted molar refractivity (Wildman–Crippen MR) is 62.4 cm³/mol. The molecule has 2 rings (SSSR count). The van der Waals surface area contributed by atoms with Crippen molar-refractivity contribution in [1.82, 2.24) is 4.98 Å². The summed E-state index contributed by atoms with van der Waals surface area (Å²) in [5.41, 5.74) is 2.19. The molecule has 1 aromatic heterocycles. The fourth-order valence-corrected chi connectivity index (χ4v) is 1.93. The van der Waals surface area contributed by atoms with Gasteiger partial charge in [0.1, 0.15) is 0 Å². The molecule has 0 unspecified atom stereocenters. The summed E-state index contributed by atoms with van der Waals surface area (Å²) in [5.74, 6) is 0. The normalized spacial score (nSPS) is 10.1. The monoisotopic (exact) mass is 267 g/mol. The van der Waals surface area contributed by atoms with E-state index in [4.69, 9.17) is 11.6 Å². The van der Waals surface area contributed by atoms with Gasteiger partial charge in [0, 0.05) is 16.9 Å². The van der Waals surface area contributed by atoms with E-state index in [1.165, 1.54) is 0 Å². The molecule has 0 aliphatic heterocycles. The van der Waals surface area contributed by atoms with Crippen molar-refractivity contribution in [2.75, 3.05) is 0 Å². The van der Waals surface area contributed by atoms with E-state index in [0.717, 1.165) is 20.6 Å². The van der Waals surface area contributed by atoms with Gasteiger partial charge in [-0.25, -0.2) is 0 Å². The van der Waals surface area contributed by atoms with E-state index in [-0.39, 0.29) is 0 Å². The third-order valence-corrected chi connectivity index (χ3v) is 3.34. The van der Waals surface area contributed by atoms with Gasteiger partial charge in [-0.15, -0.1) is 0 Å². The molecule has 0 aliphatic carbocycles. The van der Waals surface area contributed by atoms with E-state index in [2.05, 4.69) is 20.9 Å². The van der Waals surface area contributed by atoms with E-state index in [1.807, 2.05) is 30.3 Å². The van der Waals surface area contributed by atoms with Crippen LogP contribution >= 0.6 is 27.5 Å². The molecule has 0 saturated carbocycles. The molecule has 14 heavy (non-hydrogen) atoms. The van der Waals surface area contributed by atoms with Gasteiger partial charge in [-0.3, -0.25) is 4.98 Å². The summed E-state index contributed by atoms with van der Waals surface area (Å²) >= 11 is 9.47. The molecule has 0 saturated heterocycles. The molecule has 1 aromatic carbocycles. The molecule has 1 heterocycles. The third kappa shape index (κ3) is 1.81. The molecule has 2 aromatic rings. The molecule has 0 amide bonds. The van der Waals surface area contributed by atoms with Gasteiger partial charge in [0.15, 0.2) is 0 Å². The first kappa shape index (κ1) is 9.69. The molecule has 0 spiro atoms. The highest BCUT2D eigenvalue weighted by Gasteiger charge is 2.04. The summed E-state index contributed by atoms with van der Waals surface area (Å²) in [6.45, 7) is 0. The molecule has 0 aliphatic rings. The lowest BCUT2D eigenvalue weighted by atomic mass is 10.1. The van der Waals surface area contributed by atoms with Gasteiger partial charge in [-0.2, -0.15) is 0 Å². The maximum Gasteiger partial charge on any atom is 0.0554 e. The molecule has 0 fully saturated rings. The summed E-state index contributed by atoms with van der Waals surface area (Å²) in [5, 5.41) is 0.722. The molecule has 70 valence electrons. The number of halogens is 2. The smallest absolute Gasteiger partial charge is 0.0554 e. The number of hydrogen-bond donors (Lipinski definition) is 0. The summed E-state index contributed by atoms with van der Waals surface area (Å²) in [4.78, 5) is 3.97. The zero-order chi connectivity index (χ0) is 9.97. The molecular formula is C11H7BrClN. The number of pyridine rings is 1. The minimum absolute atomic E-state index is 0.722. The van der Waals surface area contributed by atoms with E-state index >= 15 is 0 Å². The highest BCUT2D eigenvalue weighted by atomic mass is 79.9. The summed E-state index contributed by atoms with van der Waals surface area (Å²) in [7, 11) is 0. The quantitative estimate of drug-likeness (QED) is 0.756. The number of benzene rings is 1. The first-order chi connectivity index (χ1) is 6.79. The molecule has 1 nitrogen and oxygen atoms in total. The third-order valence-electron chi connectivity index (χ3n) is 1.94. The maximum atomic E-state index is 6.00. The van der Waals surface area contributed by atoms with Gasteiger partial charge < -0.3 is 0 Å². The fourth-order valence-electron chi connectivity index (χ4n) is 1.26. The Hall–Kier alpha value is -0.860. The van der Waals surface area contributed by atoms with Crippen molar-refractivity contribution in [3.8, 4) is 11.1 Å². The van der Waals surface area contributed by atoms with Crippen molar-refractivity contribution in [2.24, 2.45) is 0 Å². The topological polar surface area (TPSA) is 12.9 Å². The SMILES string of the molecule is Clc1cccc(-c2ccncc2)c1Br. The Labute approximate surface area is 95.9 Å². The van der Waals surface area contributed by atoms with Crippen molar-refractivity contribution < 1.29 is 0 Å². The molecule has 0 bridgehead atoms. The van der Waals surface area contributed by atoms with Crippen LogP contribution in [0.3, 0.4) is 0 Å². The summed E-state index contributed by atoms with van der Waals surface area (Å²) < 4.78 is 0.924. The Kier molecular flexibility index (Phi) is 2.85. The lowest BCUT2D eigenvalue weighted by Crippen LogP contribution is -1.80. The Balaban J connectivity index is 2.58. The lowest BCUT2D eigenvalue weighted by molar-refractivity contribution is 1.33. The number of rotatable bonds is 1. The number of nitrogens with zero attached hydrogens (tertiary/aromatic N) is 1. The van der Waals surface area contributed by atoms with Gasteiger partial charge in [-0.1, -0.05) is 23.7 Å². The zero-order valence-corrected chi connectivity index (χ0v) is 9.59. The Bertz CT molecular complexity index is 442. The molecule has 0 N–H and O–H groups in total. The zero-order valence-electron chi connectivity index (χ0n) is 7.24. The molecular weight excluding hydrogens is 261 g/mol. The predicted octanol–water partition coefficient (Wildman–Crippen LogP) is 4.16. The van der Waals surface area contributed by atoms with Crippen LogP contribution in [-0.4, -0.2) is 4.98 Å². The van der Waals surface area contributed by atoms with Gasteiger partial charge >= 0.3 is 0 Å². The van der Waals surface area contributed by atoms with Crippen molar-refractivity contribution >= 4 is 27.5 Å². The lowest BCUT2D eigenvalue weighted by Gasteiger charge is -2.05. The Morgan fingerprint density at radius 2 is 1.79 bits per heavy atom. The van der Waals surface area contributed by atoms with Crippen LogP contribution in [0.1, 0.15) is 0 Å². The average molecular weight is 269 g/mol. The van der Waals surface area contributed by atoms with Crippen LogP contribution in [-0.2, 0) is 0 Å². The van der Waals surface area contributed by atoms with Crippen LogP contribution < -0.4 is 0 Å². The van der Waals surface area contributed by atoms with Gasteiger partial charge in [0.25, 0.3) is 0 Å². The van der Waals surface area contributed by atoms with Gasteiger partial charge in [0.05, 0.1) is 5.02 Å². The Morgan fingerprint density at radius 1 is 1.07 bits per heavy atom. The number of hydrogen-bond acceptors (Lipinski definition) is 1. The summed E-state index contributed by atoms with van der Waals surface area (Å²) in [6, 6.07) is 9.72. The molecule has 3 heteroatoms. The maximum absolute atomic E-state index is 6.00. The number of aromatic nitrogens is 1. The summed E-state index contributed by atoms with van der Waals surface area (Å²) in [6.07, 6.45) is 3.53. The van der Waals surface area contributed by atoms with Crippen LogP contribution in [0, 0.1) is 0 Å². The van der Waals surface area contributed by atoms with Gasteiger partial charge in [0.2, 0.25) is 0 Å². The minimum Gasteiger partial charge on any atom is -0.265 e. The van der Waals surface area contributed by atoms with Crippen LogP contribution in [0.4, 0.5) is 0 Å². The van der Waals surface area contributed by atoms with Crippen LogP contribution in [0.25, 0.3) is 11.1 Å². The van der Waals surface area contributed by atoms with Crippen molar-refractivity contribution in [3.63, 3.8) is 0 Å². The van der Waals surface area contributed by atoms with Gasteiger partial charge in [-0.05, 0) is 45.3 Å². The van der Waals surface area contributed by atoms with Crippen LogP contribution in [0.15, 0.2) is 47.2 Å². The second-order valence-electron chi connectivity index (χ2n) is 2.84. The highest BCUT2D eigenvalue weighted by Crippen LogP contribution is 2.33. The van der Waals surface area contributed by atoms with Crippen molar-refractivity contribution in [1.29, 1.82) is 0 Å². The van der Waals surface area contributed by atoms with E-state index in [1.54, 1.807) is 12.4 Å². The molecule has 0 radical (unpaired) electrons. The molecule has 0 atom stereocenters. The Morgan fingerprint density at radius 3 is 2.50 bits per heavy atom. The largest absolute Gasteiger partial charge is 0.265 e. The van der Waals surface area contributed by atoms with Crippen LogP contribution in [0.5, 0.6) is 0 Å². The van der Waals surface area contributed by atoms with E-state index in [9.17, 15) is 0 Å². The fraction of sp³-hybridized carbons (Fsp3) is 0. The van der Waals surface area contributed by atoms with E-state index in [0.29, 0.717) is 0 Å². The van der Waals surface area contributed by atoms with Crippen molar-refractivity contribution in [2.45, 2.75) is 0 Å². The second kappa shape index (κ2) is 4.11. The first-order valence-corrected chi connectivity index (χ1v) is 5.30. The van der Waals surface area contributed by atoms with Crippen LogP contribution in [0.2, 0.25) is 5.02 Å². The highest BCUT2D eigenvalue weighted by molar-refractivity contribution is 9.10. The second-order valence-corrected chi connectivity index (χ2v) is 4.04.